The Kier molecular flexibility index (Phi) is 4.36. The third-order valence-electron chi connectivity index (χ3n) is 4.23. The zero-order valence-electron chi connectivity index (χ0n) is 14.1. The fraction of sp³-hybridized carbons (Fsp3) is 0.150. The van der Waals surface area contributed by atoms with Crippen LogP contribution < -0.4 is 0 Å². The Labute approximate surface area is 148 Å². The molecule has 26 heavy (non-hydrogen) atoms. The Morgan fingerprint density at radius 3 is 2.12 bits per heavy atom. The Bertz CT molecular complexity index is 970. The quantitative estimate of drug-likeness (QED) is 0.673. The molecule has 0 aliphatic carbocycles. The van der Waals surface area contributed by atoms with Crippen LogP contribution in [0.2, 0.25) is 0 Å². The van der Waals surface area contributed by atoms with Crippen molar-refractivity contribution in [2.75, 3.05) is 0 Å². The number of benzene rings is 2. The number of aromatic carboxylic acids is 1. The molecule has 3 nitrogen and oxygen atoms in total. The Hall–Kier alpha value is -3.02. The van der Waals surface area contributed by atoms with Crippen molar-refractivity contribution >= 4 is 5.97 Å². The minimum absolute atomic E-state index is 0.0449. The molecule has 0 saturated heterocycles. The van der Waals surface area contributed by atoms with E-state index < -0.39 is 23.4 Å². The first-order valence-electron chi connectivity index (χ1n) is 7.89. The summed E-state index contributed by atoms with van der Waals surface area (Å²) >= 11 is 0. The number of aryl methyl sites for hydroxylation is 2. The third-order valence-corrected chi connectivity index (χ3v) is 4.23. The molecule has 0 fully saturated rings. The molecule has 0 saturated carbocycles. The van der Waals surface area contributed by atoms with Crippen LogP contribution in [0, 0.1) is 13.8 Å². The van der Waals surface area contributed by atoms with Gasteiger partial charge in [0.05, 0.1) is 5.56 Å². The van der Waals surface area contributed by atoms with Crippen LogP contribution in [0.5, 0.6) is 0 Å². The molecule has 3 rings (SSSR count). The lowest BCUT2D eigenvalue weighted by molar-refractivity contribution is -0.142. The zero-order valence-corrected chi connectivity index (χ0v) is 14.1. The lowest BCUT2D eigenvalue weighted by Crippen LogP contribution is -2.16. The average molecular weight is 359 g/mol. The van der Waals surface area contributed by atoms with Crippen LogP contribution in [0.1, 0.15) is 27.2 Å². The lowest BCUT2D eigenvalue weighted by atomic mass is 9.98. The van der Waals surface area contributed by atoms with Crippen LogP contribution in [0.25, 0.3) is 16.8 Å². The van der Waals surface area contributed by atoms with Crippen LogP contribution in [0.15, 0.2) is 54.7 Å². The molecule has 0 spiro atoms. The van der Waals surface area contributed by atoms with E-state index in [9.17, 15) is 23.1 Å². The van der Waals surface area contributed by atoms with Gasteiger partial charge in [0.25, 0.3) is 0 Å². The predicted octanol–water partition coefficient (Wildman–Crippen LogP) is 5.48. The average Bonchev–Trinajstić information content (AvgIpc) is 2.97. The van der Waals surface area contributed by atoms with Gasteiger partial charge in [0, 0.05) is 17.4 Å². The molecule has 0 aliphatic rings. The van der Waals surface area contributed by atoms with Gasteiger partial charge < -0.3 is 9.67 Å². The smallest absolute Gasteiger partial charge is 0.432 e. The number of carboxylic acid groups (broad SMARTS) is 1. The number of rotatable bonds is 3. The summed E-state index contributed by atoms with van der Waals surface area (Å²) in [7, 11) is 0. The maximum absolute atomic E-state index is 13.8. The third kappa shape index (κ3) is 3.10. The SMILES string of the molecule is Cc1ccc(-n2cc(-c3ccccc3C)c(C(=O)O)c2C(F)(F)F)cc1. The lowest BCUT2D eigenvalue weighted by Gasteiger charge is -2.13. The Balaban J connectivity index is 2.38. The molecule has 0 bridgehead atoms. The van der Waals surface area contributed by atoms with Gasteiger partial charge in [-0.3, -0.25) is 0 Å². The summed E-state index contributed by atoms with van der Waals surface area (Å²) in [6.45, 7) is 3.56. The number of carboxylic acids is 1. The first-order valence-corrected chi connectivity index (χ1v) is 7.89. The van der Waals surface area contributed by atoms with Crippen molar-refractivity contribution in [1.82, 2.24) is 4.57 Å². The summed E-state index contributed by atoms with van der Waals surface area (Å²) in [5.74, 6) is -1.61. The number of carbonyl (C=O) groups is 1. The molecule has 0 aliphatic heterocycles. The van der Waals surface area contributed by atoms with E-state index in [2.05, 4.69) is 0 Å². The molecule has 1 N–H and O–H groups in total. The van der Waals surface area contributed by atoms with Crippen LogP contribution in [0.4, 0.5) is 13.2 Å². The first-order chi connectivity index (χ1) is 12.2. The van der Waals surface area contributed by atoms with Gasteiger partial charge in [-0.25, -0.2) is 4.79 Å². The highest BCUT2D eigenvalue weighted by molar-refractivity contribution is 5.98. The van der Waals surface area contributed by atoms with Crippen LogP contribution in [-0.4, -0.2) is 15.6 Å². The summed E-state index contributed by atoms with van der Waals surface area (Å²) in [4.78, 5) is 11.8. The van der Waals surface area contributed by atoms with Crippen molar-refractivity contribution in [3.05, 3.63) is 77.1 Å². The largest absolute Gasteiger partial charge is 0.478 e. The summed E-state index contributed by atoms with van der Waals surface area (Å²) < 4.78 is 42.2. The zero-order chi connectivity index (χ0) is 19.1. The number of halogens is 3. The van der Waals surface area contributed by atoms with E-state index in [0.717, 1.165) is 10.1 Å². The minimum Gasteiger partial charge on any atom is -0.478 e. The van der Waals surface area contributed by atoms with E-state index >= 15 is 0 Å². The topological polar surface area (TPSA) is 42.2 Å². The molecule has 0 atom stereocenters. The second-order valence-corrected chi connectivity index (χ2v) is 6.09. The van der Waals surface area contributed by atoms with Gasteiger partial charge in [-0.1, -0.05) is 42.0 Å². The number of hydrogen-bond acceptors (Lipinski definition) is 1. The molecule has 134 valence electrons. The highest BCUT2D eigenvalue weighted by Crippen LogP contribution is 2.40. The molecule has 0 unspecified atom stereocenters. The number of hydrogen-bond donors (Lipinski definition) is 1. The molecule has 0 amide bonds. The van der Waals surface area contributed by atoms with Gasteiger partial charge in [-0.15, -0.1) is 0 Å². The second kappa shape index (κ2) is 6.37. The number of nitrogens with zero attached hydrogens (tertiary/aromatic N) is 1. The van der Waals surface area contributed by atoms with E-state index in [-0.39, 0.29) is 11.3 Å². The van der Waals surface area contributed by atoms with Crippen molar-refractivity contribution in [3.8, 4) is 16.8 Å². The summed E-state index contributed by atoms with van der Waals surface area (Å²) in [6.07, 6.45) is -3.57. The highest BCUT2D eigenvalue weighted by atomic mass is 19.4. The Morgan fingerprint density at radius 2 is 1.58 bits per heavy atom. The van der Waals surface area contributed by atoms with Gasteiger partial charge in [0.2, 0.25) is 0 Å². The maximum atomic E-state index is 13.8. The monoisotopic (exact) mass is 359 g/mol. The van der Waals surface area contributed by atoms with Crippen molar-refractivity contribution in [1.29, 1.82) is 0 Å². The van der Waals surface area contributed by atoms with Crippen molar-refractivity contribution in [2.24, 2.45) is 0 Å². The van der Waals surface area contributed by atoms with Gasteiger partial charge >= 0.3 is 12.1 Å². The molecule has 6 heteroatoms. The van der Waals surface area contributed by atoms with Crippen molar-refractivity contribution in [3.63, 3.8) is 0 Å². The van der Waals surface area contributed by atoms with Gasteiger partial charge in [-0.05, 0) is 37.1 Å². The van der Waals surface area contributed by atoms with Crippen LogP contribution in [0.3, 0.4) is 0 Å². The molecule has 3 aromatic rings. The van der Waals surface area contributed by atoms with Crippen LogP contribution in [-0.2, 0) is 6.18 Å². The molecule has 0 radical (unpaired) electrons. The molecular weight excluding hydrogens is 343 g/mol. The van der Waals surface area contributed by atoms with E-state index in [0.29, 0.717) is 11.1 Å². The van der Waals surface area contributed by atoms with Gasteiger partial charge in [0.15, 0.2) is 0 Å². The van der Waals surface area contributed by atoms with E-state index in [1.807, 2.05) is 6.92 Å². The van der Waals surface area contributed by atoms with Crippen molar-refractivity contribution in [2.45, 2.75) is 20.0 Å². The van der Waals surface area contributed by atoms with Gasteiger partial charge in [-0.2, -0.15) is 13.2 Å². The minimum atomic E-state index is -4.82. The molecular formula is C20H16F3NO2. The maximum Gasteiger partial charge on any atom is 0.432 e. The summed E-state index contributed by atoms with van der Waals surface area (Å²) in [6, 6.07) is 13.2. The standard InChI is InChI=1S/C20H16F3NO2/c1-12-7-9-14(10-8-12)24-11-16(15-6-4-3-5-13(15)2)17(19(25)26)18(24)20(21,22)23/h3-11H,1-2H3,(H,25,26). The predicted molar refractivity (Wildman–Crippen MR) is 92.6 cm³/mol. The molecule has 2 aromatic carbocycles. The fourth-order valence-corrected chi connectivity index (χ4v) is 2.99. The highest BCUT2D eigenvalue weighted by Gasteiger charge is 2.41. The fourth-order valence-electron chi connectivity index (χ4n) is 2.99. The van der Waals surface area contributed by atoms with Crippen LogP contribution >= 0.6 is 0 Å². The first kappa shape index (κ1) is 17.8. The molecule has 1 aromatic heterocycles. The second-order valence-electron chi connectivity index (χ2n) is 6.09. The number of alkyl halides is 3. The van der Waals surface area contributed by atoms with Gasteiger partial charge in [0.1, 0.15) is 5.69 Å². The summed E-state index contributed by atoms with van der Waals surface area (Å²) in [5, 5.41) is 9.55. The summed E-state index contributed by atoms with van der Waals surface area (Å²) in [5.41, 5.74) is 0.423. The Morgan fingerprint density at radius 1 is 0.962 bits per heavy atom. The molecule has 1 heterocycles. The van der Waals surface area contributed by atoms with E-state index in [1.165, 1.54) is 18.3 Å². The normalized spacial score (nSPS) is 11.6. The van der Waals surface area contributed by atoms with E-state index in [1.54, 1.807) is 43.3 Å². The number of aromatic nitrogens is 1. The van der Waals surface area contributed by atoms with E-state index in [4.69, 9.17) is 0 Å². The van der Waals surface area contributed by atoms with Crippen molar-refractivity contribution < 1.29 is 23.1 Å².